The molecule has 1 amide bonds. The van der Waals surface area contributed by atoms with Crippen LogP contribution in [0.4, 0.5) is 5.69 Å². The van der Waals surface area contributed by atoms with E-state index in [2.05, 4.69) is 0 Å². The summed E-state index contributed by atoms with van der Waals surface area (Å²) in [6.07, 6.45) is 0.119. The van der Waals surface area contributed by atoms with Gasteiger partial charge in [0.25, 0.3) is 0 Å². The van der Waals surface area contributed by atoms with Crippen molar-refractivity contribution in [2.45, 2.75) is 6.42 Å². The molecule has 0 aromatic heterocycles. The number of anilines is 1. The van der Waals surface area contributed by atoms with Crippen molar-refractivity contribution < 1.29 is 13.2 Å². The van der Waals surface area contributed by atoms with Gasteiger partial charge in [0, 0.05) is 24.6 Å². The molecule has 1 heterocycles. The Balaban J connectivity index is 2.24. The second-order valence-electron chi connectivity index (χ2n) is 4.63. The average molecular weight is 358 g/mol. The van der Waals surface area contributed by atoms with Crippen molar-refractivity contribution in [3.05, 3.63) is 27.2 Å². The smallest absolute Gasteiger partial charge is 0.227 e. The van der Waals surface area contributed by atoms with Crippen molar-refractivity contribution in [2.75, 3.05) is 17.2 Å². The SMILES string of the molecule is NS(=O)(=O)CC1CC(=O)N(c2cc(Cl)c(Cl)c(Cl)c2)C1. The van der Waals surface area contributed by atoms with E-state index in [1.807, 2.05) is 0 Å². The third-order valence-corrected chi connectivity index (χ3v) is 5.09. The molecule has 1 unspecified atom stereocenters. The molecule has 9 heteroatoms. The highest BCUT2D eigenvalue weighted by Crippen LogP contribution is 2.36. The molecule has 0 radical (unpaired) electrons. The lowest BCUT2D eigenvalue weighted by Crippen LogP contribution is -2.27. The zero-order valence-corrected chi connectivity index (χ0v) is 13.2. The summed E-state index contributed by atoms with van der Waals surface area (Å²) in [6.45, 7) is 0.254. The Hall–Kier alpha value is -0.530. The van der Waals surface area contributed by atoms with Gasteiger partial charge in [0.1, 0.15) is 0 Å². The molecule has 1 saturated heterocycles. The van der Waals surface area contributed by atoms with Gasteiger partial charge in [0.15, 0.2) is 0 Å². The molecule has 1 fully saturated rings. The molecule has 1 aromatic carbocycles. The van der Waals surface area contributed by atoms with Gasteiger partial charge in [0.2, 0.25) is 15.9 Å². The highest BCUT2D eigenvalue weighted by atomic mass is 35.5. The summed E-state index contributed by atoms with van der Waals surface area (Å²) in [5.74, 6) is -0.775. The fourth-order valence-corrected chi connectivity index (χ4v) is 3.63. The lowest BCUT2D eigenvalue weighted by atomic mass is 10.1. The lowest BCUT2D eigenvalue weighted by Gasteiger charge is -2.18. The Morgan fingerprint density at radius 2 is 1.80 bits per heavy atom. The van der Waals surface area contributed by atoms with Crippen molar-refractivity contribution in [3.8, 4) is 0 Å². The van der Waals surface area contributed by atoms with Crippen LogP contribution in [-0.2, 0) is 14.8 Å². The molecular formula is C11H11Cl3N2O3S. The average Bonchev–Trinajstić information content (AvgIpc) is 2.63. The largest absolute Gasteiger partial charge is 0.312 e. The van der Waals surface area contributed by atoms with Crippen LogP contribution in [0.2, 0.25) is 15.1 Å². The molecular weight excluding hydrogens is 347 g/mol. The van der Waals surface area contributed by atoms with Gasteiger partial charge in [-0.2, -0.15) is 0 Å². The Kier molecular flexibility index (Phi) is 4.51. The molecule has 0 saturated carbocycles. The third kappa shape index (κ3) is 3.56. The number of carbonyl (C=O) groups excluding carboxylic acids is 1. The number of rotatable bonds is 3. The summed E-state index contributed by atoms with van der Waals surface area (Å²) in [7, 11) is -3.61. The van der Waals surface area contributed by atoms with Gasteiger partial charge in [-0.3, -0.25) is 4.79 Å². The zero-order chi connectivity index (χ0) is 15.1. The first-order valence-electron chi connectivity index (χ1n) is 5.63. The van der Waals surface area contributed by atoms with Crippen LogP contribution < -0.4 is 10.0 Å². The summed E-state index contributed by atoms with van der Waals surface area (Å²) in [6, 6.07) is 3.04. The highest BCUT2D eigenvalue weighted by molar-refractivity contribution is 7.89. The summed E-state index contributed by atoms with van der Waals surface area (Å²) in [5.41, 5.74) is 0.492. The first-order chi connectivity index (χ1) is 9.17. The predicted octanol–water partition coefficient (Wildman–Crippen LogP) is 2.29. The second kappa shape index (κ2) is 5.69. The molecule has 2 rings (SSSR count). The number of amides is 1. The van der Waals surface area contributed by atoms with E-state index in [0.29, 0.717) is 5.69 Å². The first kappa shape index (κ1) is 15.9. The van der Waals surface area contributed by atoms with Crippen LogP contribution in [-0.4, -0.2) is 26.6 Å². The Morgan fingerprint density at radius 3 is 2.30 bits per heavy atom. The van der Waals surface area contributed by atoms with Crippen LogP contribution in [0.25, 0.3) is 0 Å². The van der Waals surface area contributed by atoms with Crippen LogP contribution in [0.1, 0.15) is 6.42 Å². The summed E-state index contributed by atoms with van der Waals surface area (Å²) >= 11 is 17.7. The van der Waals surface area contributed by atoms with Crippen molar-refractivity contribution in [1.82, 2.24) is 0 Å². The van der Waals surface area contributed by atoms with E-state index >= 15 is 0 Å². The molecule has 1 aliphatic rings. The number of nitrogens with two attached hydrogens (primary N) is 1. The highest BCUT2D eigenvalue weighted by Gasteiger charge is 2.33. The number of halogens is 3. The monoisotopic (exact) mass is 356 g/mol. The first-order valence-corrected chi connectivity index (χ1v) is 8.47. The van der Waals surface area contributed by atoms with Crippen LogP contribution in [0.15, 0.2) is 12.1 Å². The van der Waals surface area contributed by atoms with Crippen LogP contribution >= 0.6 is 34.8 Å². The minimum Gasteiger partial charge on any atom is -0.312 e. The van der Waals surface area contributed by atoms with Gasteiger partial charge in [-0.05, 0) is 12.1 Å². The van der Waals surface area contributed by atoms with E-state index in [-0.39, 0.29) is 45.6 Å². The number of hydrogen-bond donors (Lipinski definition) is 1. The van der Waals surface area contributed by atoms with Crippen molar-refractivity contribution in [2.24, 2.45) is 11.1 Å². The van der Waals surface area contributed by atoms with Gasteiger partial charge in [-0.25, -0.2) is 13.6 Å². The molecule has 1 atom stereocenters. The topological polar surface area (TPSA) is 80.5 Å². The van der Waals surface area contributed by atoms with E-state index in [0.717, 1.165) is 0 Å². The maximum Gasteiger partial charge on any atom is 0.227 e. The minimum absolute atomic E-state index is 0.119. The number of sulfonamides is 1. The fourth-order valence-electron chi connectivity index (χ4n) is 2.17. The number of carbonyl (C=O) groups is 1. The summed E-state index contributed by atoms with van der Waals surface area (Å²) < 4.78 is 22.2. The van der Waals surface area contributed by atoms with Gasteiger partial charge in [0.05, 0.1) is 20.8 Å². The predicted molar refractivity (Wildman–Crippen MR) is 79.9 cm³/mol. The Labute approximate surface area is 131 Å². The van der Waals surface area contributed by atoms with E-state index in [1.54, 1.807) is 0 Å². The van der Waals surface area contributed by atoms with Gasteiger partial charge in [-0.15, -0.1) is 0 Å². The Bertz CT molecular complexity index is 640. The normalized spacial score (nSPS) is 19.7. The third-order valence-electron chi connectivity index (χ3n) is 2.95. The number of hydrogen-bond acceptors (Lipinski definition) is 3. The number of nitrogens with zero attached hydrogens (tertiary/aromatic N) is 1. The zero-order valence-electron chi connectivity index (χ0n) is 10.1. The van der Waals surface area contributed by atoms with Gasteiger partial charge >= 0.3 is 0 Å². The number of primary sulfonamides is 1. The van der Waals surface area contributed by atoms with E-state index in [4.69, 9.17) is 39.9 Å². The molecule has 0 bridgehead atoms. The van der Waals surface area contributed by atoms with E-state index < -0.39 is 10.0 Å². The van der Waals surface area contributed by atoms with Crippen molar-refractivity contribution in [1.29, 1.82) is 0 Å². The molecule has 1 aromatic rings. The maximum absolute atomic E-state index is 11.9. The van der Waals surface area contributed by atoms with Crippen molar-refractivity contribution >= 4 is 56.4 Å². The van der Waals surface area contributed by atoms with E-state index in [1.165, 1.54) is 17.0 Å². The summed E-state index contributed by atoms with van der Waals surface area (Å²) in [5, 5.41) is 5.67. The quantitative estimate of drug-likeness (QED) is 0.843. The standard InChI is InChI=1S/C11H11Cl3N2O3S/c12-8-2-7(3-9(13)11(8)14)16-4-6(1-10(16)17)5-20(15,18)19/h2-3,6H,1,4-5H2,(H2,15,18,19). The van der Waals surface area contributed by atoms with Crippen LogP contribution in [0, 0.1) is 5.92 Å². The summed E-state index contributed by atoms with van der Waals surface area (Å²) in [4.78, 5) is 13.4. The van der Waals surface area contributed by atoms with E-state index in [9.17, 15) is 13.2 Å². The lowest BCUT2D eigenvalue weighted by molar-refractivity contribution is -0.117. The van der Waals surface area contributed by atoms with Gasteiger partial charge < -0.3 is 4.90 Å². The van der Waals surface area contributed by atoms with Gasteiger partial charge in [-0.1, -0.05) is 34.8 Å². The fraction of sp³-hybridized carbons (Fsp3) is 0.364. The second-order valence-corrected chi connectivity index (χ2v) is 7.48. The minimum atomic E-state index is -3.61. The molecule has 1 aliphatic heterocycles. The molecule has 110 valence electrons. The maximum atomic E-state index is 11.9. The molecule has 5 nitrogen and oxygen atoms in total. The van der Waals surface area contributed by atoms with Crippen molar-refractivity contribution in [3.63, 3.8) is 0 Å². The van der Waals surface area contributed by atoms with Crippen LogP contribution in [0.3, 0.4) is 0 Å². The van der Waals surface area contributed by atoms with Crippen LogP contribution in [0.5, 0.6) is 0 Å². The Morgan fingerprint density at radius 1 is 1.25 bits per heavy atom. The molecule has 20 heavy (non-hydrogen) atoms. The molecule has 0 aliphatic carbocycles. The molecule has 0 spiro atoms. The number of benzene rings is 1. The molecule has 2 N–H and O–H groups in total.